The van der Waals surface area contributed by atoms with Crippen LogP contribution >= 0.6 is 11.6 Å². The first-order valence-electron chi connectivity index (χ1n) is 10.7. The summed E-state index contributed by atoms with van der Waals surface area (Å²) >= 11 is 5.81. The average molecular weight is 461 g/mol. The standard InChI is InChI=1S/C22H26ClFN6O2/c23-22-27-10-16(24)21(30-22)29-19-15-8-12(18(19)20(26)32)7-11(15)3-1-6-17(31)28-14-5-2-4-13(25)9-14/h2,4-5,9-12,15,18-19H,1,3,6-8,25H2,(H2,26,32)(H,28,31)(H,27,29,30)/t11-,12-,15-,18+,19-/m1/s1. The van der Waals surface area contributed by atoms with Crippen molar-refractivity contribution < 1.29 is 14.0 Å². The van der Waals surface area contributed by atoms with Gasteiger partial charge in [0.1, 0.15) is 0 Å². The van der Waals surface area contributed by atoms with Crippen LogP contribution in [0.4, 0.5) is 21.6 Å². The van der Waals surface area contributed by atoms with Crippen molar-refractivity contribution in [3.05, 3.63) is 41.6 Å². The quantitative estimate of drug-likeness (QED) is 0.352. The Hall–Kier alpha value is -2.94. The summed E-state index contributed by atoms with van der Waals surface area (Å²) in [5.41, 5.74) is 12.7. The molecule has 32 heavy (non-hydrogen) atoms. The van der Waals surface area contributed by atoms with Gasteiger partial charge in [-0.15, -0.1) is 0 Å². The number of halogens is 2. The number of nitrogens with two attached hydrogens (primary N) is 2. The zero-order chi connectivity index (χ0) is 22.8. The number of nitrogens with one attached hydrogen (secondary N) is 2. The van der Waals surface area contributed by atoms with Gasteiger partial charge in [-0.3, -0.25) is 9.59 Å². The van der Waals surface area contributed by atoms with E-state index in [9.17, 15) is 14.0 Å². The number of amides is 2. The van der Waals surface area contributed by atoms with Gasteiger partial charge in [0.05, 0.1) is 12.1 Å². The van der Waals surface area contributed by atoms with Gasteiger partial charge in [-0.25, -0.2) is 9.37 Å². The lowest BCUT2D eigenvalue weighted by atomic mass is 9.76. The van der Waals surface area contributed by atoms with E-state index in [2.05, 4.69) is 20.6 Å². The summed E-state index contributed by atoms with van der Waals surface area (Å²) in [7, 11) is 0. The van der Waals surface area contributed by atoms with Gasteiger partial charge in [-0.2, -0.15) is 4.98 Å². The third-order valence-electron chi connectivity index (χ3n) is 6.64. The maximum absolute atomic E-state index is 14.2. The highest BCUT2D eigenvalue weighted by Gasteiger charge is 2.54. The van der Waals surface area contributed by atoms with E-state index in [1.165, 1.54) is 0 Å². The molecule has 2 amide bonds. The molecule has 4 rings (SSSR count). The maximum Gasteiger partial charge on any atom is 0.224 e. The van der Waals surface area contributed by atoms with Crippen LogP contribution in [-0.4, -0.2) is 27.8 Å². The molecule has 10 heteroatoms. The molecule has 8 nitrogen and oxygen atoms in total. The van der Waals surface area contributed by atoms with Crippen molar-refractivity contribution in [3.63, 3.8) is 0 Å². The average Bonchev–Trinajstić information content (AvgIpc) is 3.29. The monoisotopic (exact) mass is 460 g/mol. The molecule has 1 aromatic carbocycles. The molecule has 170 valence electrons. The molecule has 1 heterocycles. The number of carbonyl (C=O) groups is 2. The van der Waals surface area contributed by atoms with Crippen molar-refractivity contribution in [2.24, 2.45) is 29.4 Å². The Morgan fingerprint density at radius 2 is 2.09 bits per heavy atom. The minimum atomic E-state index is -0.629. The minimum Gasteiger partial charge on any atom is -0.399 e. The Bertz CT molecular complexity index is 1020. The fraction of sp³-hybridized carbons (Fsp3) is 0.455. The molecule has 2 bridgehead atoms. The van der Waals surface area contributed by atoms with Crippen LogP contribution in [0.2, 0.25) is 5.28 Å². The number of hydrogen-bond acceptors (Lipinski definition) is 6. The Morgan fingerprint density at radius 3 is 2.84 bits per heavy atom. The maximum atomic E-state index is 14.2. The van der Waals surface area contributed by atoms with Crippen molar-refractivity contribution in [1.29, 1.82) is 0 Å². The van der Waals surface area contributed by atoms with E-state index in [4.69, 9.17) is 23.1 Å². The number of nitrogens with zero attached hydrogens (tertiary/aromatic N) is 2. The summed E-state index contributed by atoms with van der Waals surface area (Å²) in [6.45, 7) is 0. The molecule has 0 spiro atoms. The minimum absolute atomic E-state index is 0.0194. The van der Waals surface area contributed by atoms with Crippen LogP contribution in [0, 0.1) is 29.5 Å². The highest BCUT2D eigenvalue weighted by Crippen LogP contribution is 2.54. The lowest BCUT2D eigenvalue weighted by molar-refractivity contribution is -0.123. The Morgan fingerprint density at radius 1 is 1.28 bits per heavy atom. The number of benzene rings is 1. The molecule has 1 aromatic heterocycles. The first-order chi connectivity index (χ1) is 15.3. The van der Waals surface area contributed by atoms with Crippen molar-refractivity contribution in [1.82, 2.24) is 9.97 Å². The van der Waals surface area contributed by atoms with Gasteiger partial charge in [0.2, 0.25) is 17.1 Å². The van der Waals surface area contributed by atoms with E-state index in [-0.39, 0.29) is 34.9 Å². The van der Waals surface area contributed by atoms with E-state index in [0.29, 0.717) is 30.1 Å². The summed E-state index contributed by atoms with van der Waals surface area (Å²) in [5.74, 6) is -0.908. The molecule has 0 aliphatic heterocycles. The van der Waals surface area contributed by atoms with E-state index in [1.54, 1.807) is 24.3 Å². The molecule has 0 unspecified atom stereocenters. The first-order valence-corrected chi connectivity index (χ1v) is 11.1. The molecule has 2 aliphatic rings. The van der Waals surface area contributed by atoms with Crippen molar-refractivity contribution >= 4 is 40.6 Å². The van der Waals surface area contributed by atoms with Gasteiger partial charge in [-0.1, -0.05) is 6.07 Å². The van der Waals surface area contributed by atoms with Crippen molar-refractivity contribution in [2.45, 2.75) is 38.1 Å². The Kier molecular flexibility index (Phi) is 6.45. The largest absolute Gasteiger partial charge is 0.399 e. The third-order valence-corrected chi connectivity index (χ3v) is 6.82. The number of nitrogen functional groups attached to an aromatic ring is 1. The lowest BCUT2D eigenvalue weighted by Crippen LogP contribution is -2.45. The van der Waals surface area contributed by atoms with Gasteiger partial charge in [0.15, 0.2) is 11.6 Å². The summed E-state index contributed by atoms with van der Waals surface area (Å²) in [6, 6.07) is 6.74. The molecule has 0 radical (unpaired) electrons. The number of anilines is 3. The summed E-state index contributed by atoms with van der Waals surface area (Å²) < 4.78 is 14.2. The molecule has 6 N–H and O–H groups in total. The normalized spacial score (nSPS) is 26.1. The second-order valence-electron chi connectivity index (χ2n) is 8.66. The van der Waals surface area contributed by atoms with E-state index < -0.39 is 17.6 Å². The highest BCUT2D eigenvalue weighted by molar-refractivity contribution is 6.28. The van der Waals surface area contributed by atoms with Crippen LogP contribution in [0.1, 0.15) is 32.1 Å². The van der Waals surface area contributed by atoms with Crippen LogP contribution in [0.3, 0.4) is 0 Å². The molecular formula is C22H26ClFN6O2. The molecule has 5 atom stereocenters. The lowest BCUT2D eigenvalue weighted by Gasteiger charge is -2.35. The zero-order valence-corrected chi connectivity index (χ0v) is 18.2. The molecule has 0 saturated heterocycles. The zero-order valence-electron chi connectivity index (χ0n) is 17.4. The SMILES string of the molecule is NC(=O)[C@H]1[C@@H]2C[C@@H](CCCC(=O)Nc3cccc(N)c3)[C@@H](C2)[C@H]1Nc1nc(Cl)ncc1F. The predicted octanol–water partition coefficient (Wildman–Crippen LogP) is 3.20. The van der Waals surface area contributed by atoms with Crippen LogP contribution in [0.15, 0.2) is 30.5 Å². The molecule has 2 fully saturated rings. The predicted molar refractivity (Wildman–Crippen MR) is 120 cm³/mol. The second-order valence-corrected chi connectivity index (χ2v) is 8.99. The number of fused-ring (bicyclic) bond motifs is 2. The number of primary amides is 1. The number of aromatic nitrogens is 2. The fourth-order valence-corrected chi connectivity index (χ4v) is 5.54. The van der Waals surface area contributed by atoms with Gasteiger partial charge in [-0.05, 0) is 73.2 Å². The molecule has 2 aliphatic carbocycles. The van der Waals surface area contributed by atoms with Crippen molar-refractivity contribution in [2.75, 3.05) is 16.4 Å². The van der Waals surface area contributed by atoms with E-state index in [1.807, 2.05) is 0 Å². The number of hydrogen-bond donors (Lipinski definition) is 4. The van der Waals surface area contributed by atoms with E-state index >= 15 is 0 Å². The Labute approximate surface area is 190 Å². The van der Waals surface area contributed by atoms with Crippen LogP contribution in [0.25, 0.3) is 0 Å². The van der Waals surface area contributed by atoms with Crippen molar-refractivity contribution in [3.8, 4) is 0 Å². The second kappa shape index (κ2) is 9.28. The van der Waals surface area contributed by atoms with Gasteiger partial charge < -0.3 is 22.1 Å². The third kappa shape index (κ3) is 4.77. The smallest absolute Gasteiger partial charge is 0.224 e. The summed E-state index contributed by atoms with van der Waals surface area (Å²) in [4.78, 5) is 31.9. The van der Waals surface area contributed by atoms with Gasteiger partial charge >= 0.3 is 0 Å². The van der Waals surface area contributed by atoms with E-state index in [0.717, 1.165) is 25.5 Å². The van der Waals surface area contributed by atoms with Gasteiger partial charge in [0.25, 0.3) is 0 Å². The summed E-state index contributed by atoms with van der Waals surface area (Å²) in [6.07, 6.45) is 4.65. The van der Waals surface area contributed by atoms with Crippen LogP contribution < -0.4 is 22.1 Å². The highest BCUT2D eigenvalue weighted by atomic mass is 35.5. The van der Waals surface area contributed by atoms with Gasteiger partial charge in [0, 0.05) is 23.8 Å². The molecule has 2 aromatic rings. The number of rotatable bonds is 8. The van der Waals surface area contributed by atoms with Crippen LogP contribution in [0.5, 0.6) is 0 Å². The summed E-state index contributed by atoms with van der Waals surface area (Å²) in [5, 5.41) is 5.86. The van der Waals surface area contributed by atoms with Crippen LogP contribution in [-0.2, 0) is 9.59 Å². The Balaban J connectivity index is 1.36. The molecular weight excluding hydrogens is 435 g/mol. The topological polar surface area (TPSA) is 136 Å². The molecule has 2 saturated carbocycles. The fourth-order valence-electron chi connectivity index (χ4n) is 5.40. The number of carbonyl (C=O) groups excluding carboxylic acids is 2. The first kappa shape index (κ1) is 22.3.